The molecular weight excluding hydrogens is 937 g/mol. The van der Waals surface area contributed by atoms with Crippen molar-refractivity contribution < 1.29 is 24.5 Å². The Bertz CT molecular complexity index is 2610. The molecule has 0 N–H and O–H groups in total. The molecule has 8 rings (SSSR count). The first-order chi connectivity index (χ1) is 26.7. The van der Waals surface area contributed by atoms with Gasteiger partial charge in [-0.25, -0.2) is 4.98 Å². The van der Waals surface area contributed by atoms with Gasteiger partial charge in [-0.3, -0.25) is 4.98 Å². The number of fused-ring (bicyclic) bond motifs is 4. The largest absolute Gasteiger partial charge is 0.486 e. The molecule has 4 heterocycles. The second-order valence-corrected chi connectivity index (χ2v) is 28.4. The number of nitrogens with zero attached hydrogens (tertiary/aromatic N) is 4. The van der Waals surface area contributed by atoms with Gasteiger partial charge in [-0.2, -0.15) is 0 Å². The van der Waals surface area contributed by atoms with Gasteiger partial charge < -0.3 is 8.98 Å². The molecule has 4 aromatic heterocycles. The fourth-order valence-corrected chi connectivity index (χ4v) is 10.7. The first-order valence-electron chi connectivity index (χ1n) is 20.0. The van der Waals surface area contributed by atoms with Crippen LogP contribution in [0.25, 0.3) is 61.4 Å². The summed E-state index contributed by atoms with van der Waals surface area (Å²) in [6.07, 6.45) is 4.19. The molecule has 0 atom stereocenters. The van der Waals surface area contributed by atoms with Crippen LogP contribution in [0.2, 0.25) is 17.3 Å². The Kier molecular flexibility index (Phi) is 12.8. The van der Waals surface area contributed by atoms with E-state index in [1.54, 1.807) is 4.40 Å². The van der Waals surface area contributed by atoms with Gasteiger partial charge in [-0.15, -0.1) is 18.2 Å². The SMILES string of the molecule is CC(C)Cc1cc(-c2[c-]cccc2)nc[c]1[Ge]([CH3])([CH3])[CH3].CC(C)Cc1ccc2c(n1)oc1c(-c3nc4ccccc4n3-c3ccc(C(C)(C)C)cc3)[c-]ccc12.[Ir]. The van der Waals surface area contributed by atoms with E-state index < -0.39 is 13.3 Å². The summed E-state index contributed by atoms with van der Waals surface area (Å²) in [4.78, 5) is 14.6. The summed E-state index contributed by atoms with van der Waals surface area (Å²) in [6, 6.07) is 42.4. The van der Waals surface area contributed by atoms with Crippen molar-refractivity contribution in [2.45, 2.75) is 84.0 Å². The number of hydrogen-bond acceptors (Lipinski definition) is 4. The van der Waals surface area contributed by atoms with Crippen molar-refractivity contribution in [3.63, 3.8) is 0 Å². The number of hydrogen-bond donors (Lipinski definition) is 0. The molecule has 0 aliphatic heterocycles. The third-order valence-corrected chi connectivity index (χ3v) is 14.5. The number of aromatic nitrogens is 4. The van der Waals surface area contributed by atoms with E-state index in [0.29, 0.717) is 17.5 Å². The summed E-state index contributed by atoms with van der Waals surface area (Å²) in [6.45, 7) is 15.7. The molecule has 4 aromatic carbocycles. The molecule has 57 heavy (non-hydrogen) atoms. The minimum atomic E-state index is -1.86. The summed E-state index contributed by atoms with van der Waals surface area (Å²) in [5.41, 5.74) is 11.4. The number of imidazole rings is 1. The van der Waals surface area contributed by atoms with Crippen molar-refractivity contribution in [2.75, 3.05) is 0 Å². The minimum absolute atomic E-state index is 0. The predicted molar refractivity (Wildman–Crippen MR) is 238 cm³/mol. The zero-order valence-electron chi connectivity index (χ0n) is 35.0. The zero-order chi connectivity index (χ0) is 39.8. The van der Waals surface area contributed by atoms with Gasteiger partial charge in [0.2, 0.25) is 5.71 Å². The Morgan fingerprint density at radius 1 is 0.754 bits per heavy atom. The minimum Gasteiger partial charge on any atom is -0.486 e. The van der Waals surface area contributed by atoms with Gasteiger partial charge in [0, 0.05) is 36.9 Å². The van der Waals surface area contributed by atoms with E-state index in [0.717, 1.165) is 74.3 Å². The summed E-state index contributed by atoms with van der Waals surface area (Å²) in [5.74, 6) is 9.34. The quantitative estimate of drug-likeness (QED) is 0.112. The van der Waals surface area contributed by atoms with Crippen LogP contribution in [0.4, 0.5) is 0 Å². The second kappa shape index (κ2) is 17.2. The van der Waals surface area contributed by atoms with Gasteiger partial charge in [0.1, 0.15) is 0 Å². The predicted octanol–water partition coefficient (Wildman–Crippen LogP) is 12.6. The Morgan fingerprint density at radius 2 is 1.47 bits per heavy atom. The van der Waals surface area contributed by atoms with Gasteiger partial charge in [-0.1, -0.05) is 69.8 Å². The summed E-state index contributed by atoms with van der Waals surface area (Å²) in [7, 11) is 0. The van der Waals surface area contributed by atoms with Crippen LogP contribution in [0.5, 0.6) is 0 Å². The molecule has 0 bridgehead atoms. The van der Waals surface area contributed by atoms with Crippen molar-refractivity contribution >= 4 is 50.8 Å². The van der Waals surface area contributed by atoms with Crippen LogP contribution in [-0.2, 0) is 38.4 Å². The summed E-state index contributed by atoms with van der Waals surface area (Å²) < 4.78 is 10.2. The third kappa shape index (κ3) is 9.35. The average Bonchev–Trinajstić information content (AvgIpc) is 3.73. The van der Waals surface area contributed by atoms with Crippen molar-refractivity contribution in [3.8, 4) is 28.3 Å². The molecule has 0 aliphatic carbocycles. The Morgan fingerprint density at radius 3 is 2.14 bits per heavy atom. The number of benzene rings is 4. The molecule has 0 amide bonds. The van der Waals surface area contributed by atoms with Crippen molar-refractivity contribution in [2.24, 2.45) is 11.8 Å². The smallest absolute Gasteiger partial charge is 0.216 e. The Labute approximate surface area is 355 Å². The monoisotopic (exact) mass is 993 g/mol. The van der Waals surface area contributed by atoms with E-state index in [2.05, 4.69) is 161 Å². The molecule has 5 nitrogen and oxygen atoms in total. The van der Waals surface area contributed by atoms with Crippen LogP contribution in [0, 0.1) is 24.0 Å². The van der Waals surface area contributed by atoms with E-state index in [-0.39, 0.29) is 25.5 Å². The topological polar surface area (TPSA) is 56.7 Å². The van der Waals surface area contributed by atoms with Crippen LogP contribution < -0.4 is 4.40 Å². The fourth-order valence-electron chi connectivity index (χ4n) is 7.41. The van der Waals surface area contributed by atoms with Gasteiger partial charge in [0.15, 0.2) is 0 Å². The number of para-hydroxylation sites is 2. The molecule has 0 saturated carbocycles. The molecule has 0 aliphatic rings. The number of rotatable bonds is 8. The van der Waals surface area contributed by atoms with E-state index in [4.69, 9.17) is 19.4 Å². The van der Waals surface area contributed by atoms with E-state index in [1.807, 2.05) is 30.3 Å². The summed E-state index contributed by atoms with van der Waals surface area (Å²) in [5, 5.41) is 2.05. The molecule has 8 aromatic rings. The molecule has 295 valence electrons. The normalized spacial score (nSPS) is 12.0. The molecule has 0 spiro atoms. The van der Waals surface area contributed by atoms with Gasteiger partial charge in [0.25, 0.3) is 0 Å². The number of furan rings is 1. The van der Waals surface area contributed by atoms with E-state index in [9.17, 15) is 0 Å². The maximum atomic E-state index is 6.42. The molecule has 7 heteroatoms. The van der Waals surface area contributed by atoms with Crippen LogP contribution in [0.3, 0.4) is 0 Å². The maximum Gasteiger partial charge on any atom is 0.216 e. The summed E-state index contributed by atoms with van der Waals surface area (Å²) >= 11 is -1.86. The molecular formula is C50H54GeIrN4O-2. The third-order valence-electron chi connectivity index (χ3n) is 10.2. The van der Waals surface area contributed by atoms with Gasteiger partial charge >= 0.3 is 126 Å². The van der Waals surface area contributed by atoms with Gasteiger partial charge in [-0.05, 0) is 59.7 Å². The fraction of sp³-hybridized carbons (Fsp3) is 0.300. The van der Waals surface area contributed by atoms with E-state index in [1.165, 1.54) is 11.1 Å². The van der Waals surface area contributed by atoms with Crippen molar-refractivity contribution in [1.29, 1.82) is 0 Å². The van der Waals surface area contributed by atoms with Crippen LogP contribution >= 0.6 is 0 Å². The van der Waals surface area contributed by atoms with Crippen LogP contribution in [-0.4, -0.2) is 32.8 Å². The second-order valence-electron chi connectivity index (χ2n) is 17.9. The standard InChI is InChI=1S/C32H30N3O.C18H24GeN.Ir/c1-20(2)19-22-15-18-25-24-9-8-10-26(29(24)36-31(25)33-22)30-34-27-11-6-7-12-28(27)35(30)23-16-13-21(14-17-23)32(3,4)5;1-14(2)11-16-12-18(15-9-7-6-8-10-15)20-13-17(16)19(3,4)5;/h6-9,11-18,20H,19H2,1-5H3;6-9,12-14H,11H2,1-5H3;/q2*-1;. The first kappa shape index (κ1) is 42.3. The van der Waals surface area contributed by atoms with Gasteiger partial charge in [0.05, 0.1) is 22.4 Å². The number of pyridine rings is 2. The molecule has 0 fully saturated rings. The van der Waals surface area contributed by atoms with Crippen molar-refractivity contribution in [1.82, 2.24) is 19.5 Å². The van der Waals surface area contributed by atoms with E-state index >= 15 is 0 Å². The zero-order valence-corrected chi connectivity index (χ0v) is 39.5. The van der Waals surface area contributed by atoms with Crippen LogP contribution in [0.1, 0.15) is 65.3 Å². The molecule has 1 radical (unpaired) electrons. The molecule has 0 unspecified atom stereocenters. The average molecular weight is 992 g/mol. The Balaban J connectivity index is 0.000000223. The first-order valence-corrected chi connectivity index (χ1v) is 27.3. The maximum absolute atomic E-state index is 6.42. The molecule has 0 saturated heterocycles. The van der Waals surface area contributed by atoms with Crippen LogP contribution in [0.15, 0.2) is 114 Å². The van der Waals surface area contributed by atoms with Crippen molar-refractivity contribution in [3.05, 3.63) is 138 Å². The Hall–Kier alpha value is -4.36.